The van der Waals surface area contributed by atoms with Gasteiger partial charge in [0.1, 0.15) is 18.1 Å². The lowest BCUT2D eigenvalue weighted by atomic mass is 10.1. The van der Waals surface area contributed by atoms with Crippen LogP contribution in [0.4, 0.5) is 0 Å². The zero-order valence-corrected chi connectivity index (χ0v) is 11.8. The average molecular weight is 290 g/mol. The van der Waals surface area contributed by atoms with Gasteiger partial charge in [0.25, 0.3) is 0 Å². The number of aromatic hydroxyl groups is 1. The summed E-state index contributed by atoms with van der Waals surface area (Å²) in [6.07, 6.45) is 0. The number of ether oxygens (including phenoxy) is 1. The zero-order chi connectivity index (χ0) is 13.9. The molecule has 0 radical (unpaired) electrons. The Balaban J connectivity index is 1.80. The smallest absolute Gasteiger partial charge is 0.123 e. The van der Waals surface area contributed by atoms with Crippen LogP contribution in [-0.2, 0) is 13.1 Å². The molecule has 0 unspecified atom stereocenters. The molecule has 1 heterocycles. The molecular weight excluding hydrogens is 274 g/mol. The highest BCUT2D eigenvalue weighted by atomic mass is 35.5. The van der Waals surface area contributed by atoms with Crippen LogP contribution in [0.1, 0.15) is 11.1 Å². The van der Waals surface area contributed by atoms with Crippen molar-refractivity contribution >= 4 is 11.6 Å². The SMILES string of the molecule is Oc1ccc(Cl)cc1CN1CCOc2ccccc2C1. The highest BCUT2D eigenvalue weighted by molar-refractivity contribution is 6.30. The van der Waals surface area contributed by atoms with Crippen molar-refractivity contribution in [3.05, 3.63) is 58.6 Å². The van der Waals surface area contributed by atoms with Gasteiger partial charge in [-0.15, -0.1) is 0 Å². The molecule has 0 aromatic heterocycles. The first-order chi connectivity index (χ1) is 9.72. The van der Waals surface area contributed by atoms with E-state index in [-0.39, 0.29) is 5.75 Å². The highest BCUT2D eigenvalue weighted by Crippen LogP contribution is 2.26. The number of phenolic OH excluding ortho intramolecular Hbond substituents is 1. The molecule has 0 atom stereocenters. The van der Waals surface area contributed by atoms with Crippen molar-refractivity contribution in [3.63, 3.8) is 0 Å². The van der Waals surface area contributed by atoms with E-state index in [4.69, 9.17) is 16.3 Å². The third-order valence-corrected chi connectivity index (χ3v) is 3.70. The second-order valence-corrected chi connectivity index (χ2v) is 5.38. The molecular formula is C16H16ClNO2. The summed E-state index contributed by atoms with van der Waals surface area (Å²) in [5, 5.41) is 10.6. The summed E-state index contributed by atoms with van der Waals surface area (Å²) in [7, 11) is 0. The van der Waals surface area contributed by atoms with Crippen molar-refractivity contribution < 1.29 is 9.84 Å². The fourth-order valence-corrected chi connectivity index (χ4v) is 2.63. The molecule has 4 heteroatoms. The van der Waals surface area contributed by atoms with E-state index in [1.165, 1.54) is 5.56 Å². The molecule has 1 aliphatic heterocycles. The van der Waals surface area contributed by atoms with Crippen LogP contribution >= 0.6 is 11.6 Å². The molecule has 0 fully saturated rings. The predicted octanol–water partition coefficient (Wildman–Crippen LogP) is 3.44. The lowest BCUT2D eigenvalue weighted by Gasteiger charge is -2.20. The van der Waals surface area contributed by atoms with Crippen molar-refractivity contribution in [3.8, 4) is 11.5 Å². The molecule has 2 aromatic carbocycles. The fourth-order valence-electron chi connectivity index (χ4n) is 2.44. The molecule has 3 nitrogen and oxygen atoms in total. The summed E-state index contributed by atoms with van der Waals surface area (Å²) in [5.74, 6) is 1.23. The second kappa shape index (κ2) is 5.73. The normalized spacial score (nSPS) is 15.2. The quantitative estimate of drug-likeness (QED) is 0.919. The van der Waals surface area contributed by atoms with Crippen LogP contribution in [0.25, 0.3) is 0 Å². The third-order valence-electron chi connectivity index (χ3n) is 3.47. The summed E-state index contributed by atoms with van der Waals surface area (Å²) in [4.78, 5) is 2.25. The van der Waals surface area contributed by atoms with E-state index in [0.717, 1.165) is 24.4 Å². The van der Waals surface area contributed by atoms with Gasteiger partial charge in [0.2, 0.25) is 0 Å². The Morgan fingerprint density at radius 1 is 1.20 bits per heavy atom. The van der Waals surface area contributed by atoms with E-state index >= 15 is 0 Å². The van der Waals surface area contributed by atoms with Gasteiger partial charge in [-0.3, -0.25) is 4.90 Å². The van der Waals surface area contributed by atoms with Gasteiger partial charge in [-0.1, -0.05) is 29.8 Å². The minimum Gasteiger partial charge on any atom is -0.508 e. The van der Waals surface area contributed by atoms with E-state index < -0.39 is 0 Å². The molecule has 1 aliphatic rings. The number of benzene rings is 2. The molecule has 3 rings (SSSR count). The minimum absolute atomic E-state index is 0.285. The highest BCUT2D eigenvalue weighted by Gasteiger charge is 2.16. The van der Waals surface area contributed by atoms with Gasteiger partial charge >= 0.3 is 0 Å². The van der Waals surface area contributed by atoms with Gasteiger partial charge < -0.3 is 9.84 Å². The lowest BCUT2D eigenvalue weighted by molar-refractivity contribution is 0.217. The van der Waals surface area contributed by atoms with Gasteiger partial charge in [-0.2, -0.15) is 0 Å². The van der Waals surface area contributed by atoms with Crippen molar-refractivity contribution in [2.75, 3.05) is 13.2 Å². The number of hydrogen-bond donors (Lipinski definition) is 1. The Morgan fingerprint density at radius 2 is 2.05 bits per heavy atom. The van der Waals surface area contributed by atoms with E-state index in [1.807, 2.05) is 24.3 Å². The van der Waals surface area contributed by atoms with Crippen LogP contribution in [0.5, 0.6) is 11.5 Å². The van der Waals surface area contributed by atoms with Gasteiger partial charge in [0.05, 0.1) is 0 Å². The zero-order valence-electron chi connectivity index (χ0n) is 11.1. The van der Waals surface area contributed by atoms with Crippen LogP contribution in [0, 0.1) is 0 Å². The number of phenols is 1. The van der Waals surface area contributed by atoms with Crippen LogP contribution in [0.15, 0.2) is 42.5 Å². The lowest BCUT2D eigenvalue weighted by Crippen LogP contribution is -2.25. The summed E-state index contributed by atoms with van der Waals surface area (Å²) in [5.41, 5.74) is 2.02. The topological polar surface area (TPSA) is 32.7 Å². The first kappa shape index (κ1) is 13.3. The van der Waals surface area contributed by atoms with Gasteiger partial charge in [-0.05, 0) is 24.3 Å². The summed E-state index contributed by atoms with van der Waals surface area (Å²) < 4.78 is 5.74. The van der Waals surface area contributed by atoms with Crippen LogP contribution in [-0.4, -0.2) is 23.2 Å². The number of rotatable bonds is 2. The largest absolute Gasteiger partial charge is 0.508 e. The standard InChI is InChI=1S/C16H16ClNO2/c17-14-5-6-15(19)13(9-14)11-18-7-8-20-16-4-2-1-3-12(16)10-18/h1-6,9,19H,7-8,10-11H2. The average Bonchev–Trinajstić information content (AvgIpc) is 2.64. The van der Waals surface area contributed by atoms with E-state index in [9.17, 15) is 5.11 Å². The monoisotopic (exact) mass is 289 g/mol. The molecule has 104 valence electrons. The molecule has 0 bridgehead atoms. The van der Waals surface area contributed by atoms with Crippen LogP contribution < -0.4 is 4.74 Å². The van der Waals surface area contributed by atoms with Crippen molar-refractivity contribution in [1.82, 2.24) is 4.90 Å². The van der Waals surface area contributed by atoms with E-state index in [0.29, 0.717) is 18.2 Å². The molecule has 0 saturated carbocycles. The van der Waals surface area contributed by atoms with Crippen LogP contribution in [0.2, 0.25) is 5.02 Å². The number of para-hydroxylation sites is 1. The summed E-state index contributed by atoms with van der Waals surface area (Å²) >= 11 is 5.99. The van der Waals surface area contributed by atoms with Crippen molar-refractivity contribution in [2.24, 2.45) is 0 Å². The molecule has 0 saturated heterocycles. The number of fused-ring (bicyclic) bond motifs is 1. The molecule has 0 spiro atoms. The first-order valence-corrected chi connectivity index (χ1v) is 7.00. The number of halogens is 1. The molecule has 0 amide bonds. The van der Waals surface area contributed by atoms with Crippen LogP contribution in [0.3, 0.4) is 0 Å². The van der Waals surface area contributed by atoms with Gasteiger partial charge in [0.15, 0.2) is 0 Å². The van der Waals surface area contributed by atoms with Crippen molar-refractivity contribution in [2.45, 2.75) is 13.1 Å². The Bertz CT molecular complexity index is 615. The Labute approximate surface area is 123 Å². The van der Waals surface area contributed by atoms with Crippen molar-refractivity contribution in [1.29, 1.82) is 0 Å². The Morgan fingerprint density at radius 3 is 2.95 bits per heavy atom. The summed E-state index contributed by atoms with van der Waals surface area (Å²) in [6, 6.07) is 13.2. The summed E-state index contributed by atoms with van der Waals surface area (Å²) in [6.45, 7) is 2.94. The molecule has 1 N–H and O–H groups in total. The van der Waals surface area contributed by atoms with Gasteiger partial charge in [-0.25, -0.2) is 0 Å². The number of nitrogens with zero attached hydrogens (tertiary/aromatic N) is 1. The van der Waals surface area contributed by atoms with Gasteiger partial charge in [0, 0.05) is 35.8 Å². The second-order valence-electron chi connectivity index (χ2n) is 4.94. The third kappa shape index (κ3) is 2.89. The molecule has 0 aliphatic carbocycles. The molecule has 20 heavy (non-hydrogen) atoms. The van der Waals surface area contributed by atoms with E-state index in [2.05, 4.69) is 11.0 Å². The maximum Gasteiger partial charge on any atom is 0.123 e. The van der Waals surface area contributed by atoms with E-state index in [1.54, 1.807) is 12.1 Å². The predicted molar refractivity (Wildman–Crippen MR) is 79.2 cm³/mol. The Kier molecular flexibility index (Phi) is 3.81. The Hall–Kier alpha value is -1.71. The number of hydrogen-bond acceptors (Lipinski definition) is 3. The molecule has 2 aromatic rings. The fraction of sp³-hybridized carbons (Fsp3) is 0.250. The minimum atomic E-state index is 0.285. The first-order valence-electron chi connectivity index (χ1n) is 6.63. The maximum atomic E-state index is 9.91. The maximum absolute atomic E-state index is 9.91.